The van der Waals surface area contributed by atoms with E-state index in [1.54, 1.807) is 12.1 Å². The zero-order valence-corrected chi connectivity index (χ0v) is 11.4. The van der Waals surface area contributed by atoms with E-state index in [0.717, 1.165) is 6.07 Å². The molecule has 0 aliphatic heterocycles. The van der Waals surface area contributed by atoms with E-state index >= 15 is 0 Å². The van der Waals surface area contributed by atoms with Crippen LogP contribution < -0.4 is 5.73 Å². The second-order valence-electron chi connectivity index (χ2n) is 4.64. The summed E-state index contributed by atoms with van der Waals surface area (Å²) >= 11 is 5.58. The lowest BCUT2D eigenvalue weighted by atomic mass is 10.1. The second kappa shape index (κ2) is 5.50. The second-order valence-corrected chi connectivity index (χ2v) is 5.05. The predicted molar refractivity (Wildman–Crippen MR) is 71.5 cm³/mol. The van der Waals surface area contributed by atoms with Crippen LogP contribution in [0.3, 0.4) is 0 Å². The number of halogens is 4. The lowest BCUT2D eigenvalue weighted by Crippen LogP contribution is -2.17. The van der Waals surface area contributed by atoms with Crippen molar-refractivity contribution in [2.24, 2.45) is 5.73 Å². The molecule has 2 rings (SSSR count). The summed E-state index contributed by atoms with van der Waals surface area (Å²) in [6, 6.07) is 6.95. The van der Waals surface area contributed by atoms with Crippen LogP contribution in [0.15, 0.2) is 34.7 Å². The quantitative estimate of drug-likeness (QED) is 0.906. The average Bonchev–Trinajstić information content (AvgIpc) is 2.75. The van der Waals surface area contributed by atoms with Gasteiger partial charge in [0.1, 0.15) is 11.5 Å². The third kappa shape index (κ3) is 3.35. The van der Waals surface area contributed by atoms with E-state index in [0.29, 0.717) is 23.5 Å². The van der Waals surface area contributed by atoms with Gasteiger partial charge in [0, 0.05) is 18.0 Å². The molecule has 108 valence electrons. The Morgan fingerprint density at radius 1 is 1.25 bits per heavy atom. The van der Waals surface area contributed by atoms with E-state index in [1.165, 1.54) is 12.1 Å². The van der Waals surface area contributed by atoms with E-state index in [2.05, 4.69) is 0 Å². The minimum atomic E-state index is -4.49. The molecule has 1 heterocycles. The fourth-order valence-electron chi connectivity index (χ4n) is 1.86. The van der Waals surface area contributed by atoms with Crippen molar-refractivity contribution in [2.45, 2.75) is 25.6 Å². The van der Waals surface area contributed by atoms with Crippen LogP contribution in [0, 0.1) is 0 Å². The summed E-state index contributed by atoms with van der Waals surface area (Å²) < 4.78 is 43.9. The highest BCUT2D eigenvalue weighted by Crippen LogP contribution is 2.37. The van der Waals surface area contributed by atoms with Crippen molar-refractivity contribution in [3.05, 3.63) is 46.7 Å². The van der Waals surface area contributed by atoms with Gasteiger partial charge in [-0.3, -0.25) is 0 Å². The number of benzene rings is 1. The standard InChI is InChI=1S/C14H13ClF3NO/c1-8(19)6-10-3-5-13(20-10)9-2-4-12(15)11(7-9)14(16,17)18/h2-5,7-8H,6,19H2,1H3. The van der Waals surface area contributed by atoms with Crippen LogP contribution in [-0.4, -0.2) is 6.04 Å². The van der Waals surface area contributed by atoms with Crippen molar-refractivity contribution in [3.63, 3.8) is 0 Å². The molecule has 0 spiro atoms. The molecule has 0 fully saturated rings. The summed E-state index contributed by atoms with van der Waals surface area (Å²) in [5, 5.41) is -0.330. The molecule has 2 aromatic rings. The Labute approximate surface area is 119 Å². The van der Waals surface area contributed by atoms with Crippen molar-refractivity contribution in [2.75, 3.05) is 0 Å². The van der Waals surface area contributed by atoms with Gasteiger partial charge in [0.15, 0.2) is 0 Å². The summed E-state index contributed by atoms with van der Waals surface area (Å²) in [5.74, 6) is 1.00. The van der Waals surface area contributed by atoms with Crippen LogP contribution in [0.1, 0.15) is 18.2 Å². The minimum absolute atomic E-state index is 0.0787. The number of hydrogen-bond acceptors (Lipinski definition) is 2. The molecule has 0 saturated heterocycles. The molecule has 1 aromatic carbocycles. The van der Waals surface area contributed by atoms with Crippen molar-refractivity contribution in [1.82, 2.24) is 0 Å². The molecular weight excluding hydrogens is 291 g/mol. The fourth-order valence-corrected chi connectivity index (χ4v) is 2.08. The molecule has 0 aliphatic carbocycles. The van der Waals surface area contributed by atoms with Crippen molar-refractivity contribution >= 4 is 11.6 Å². The number of nitrogens with two attached hydrogens (primary N) is 1. The summed E-state index contributed by atoms with van der Waals surface area (Å²) in [6.45, 7) is 1.83. The summed E-state index contributed by atoms with van der Waals surface area (Å²) in [6.07, 6.45) is -3.96. The zero-order chi connectivity index (χ0) is 14.9. The summed E-state index contributed by atoms with van der Waals surface area (Å²) in [5.41, 5.74) is 5.11. The molecule has 0 radical (unpaired) electrons. The fraction of sp³-hybridized carbons (Fsp3) is 0.286. The maximum atomic E-state index is 12.8. The van der Waals surface area contributed by atoms with E-state index in [-0.39, 0.29) is 11.1 Å². The highest BCUT2D eigenvalue weighted by atomic mass is 35.5. The monoisotopic (exact) mass is 303 g/mol. The molecule has 2 nitrogen and oxygen atoms in total. The maximum Gasteiger partial charge on any atom is 0.417 e. The van der Waals surface area contributed by atoms with E-state index in [4.69, 9.17) is 21.8 Å². The summed E-state index contributed by atoms with van der Waals surface area (Å²) in [4.78, 5) is 0. The van der Waals surface area contributed by atoms with Crippen LogP contribution in [0.2, 0.25) is 5.02 Å². The first-order valence-corrected chi connectivity index (χ1v) is 6.36. The van der Waals surface area contributed by atoms with E-state index in [1.807, 2.05) is 6.92 Å². The highest BCUT2D eigenvalue weighted by molar-refractivity contribution is 6.31. The number of alkyl halides is 3. The number of hydrogen-bond donors (Lipinski definition) is 1. The van der Waals surface area contributed by atoms with Crippen molar-refractivity contribution in [3.8, 4) is 11.3 Å². The molecule has 1 atom stereocenters. The van der Waals surface area contributed by atoms with Crippen LogP contribution in [0.4, 0.5) is 13.2 Å². The average molecular weight is 304 g/mol. The van der Waals surface area contributed by atoms with Gasteiger partial charge in [0.2, 0.25) is 0 Å². The van der Waals surface area contributed by atoms with Gasteiger partial charge in [0.25, 0.3) is 0 Å². The third-order valence-corrected chi connectivity index (χ3v) is 3.07. The SMILES string of the molecule is CC(N)Cc1ccc(-c2ccc(Cl)c(C(F)(F)F)c2)o1. The number of rotatable bonds is 3. The van der Waals surface area contributed by atoms with E-state index in [9.17, 15) is 13.2 Å². The van der Waals surface area contributed by atoms with Crippen molar-refractivity contribution in [1.29, 1.82) is 0 Å². The molecule has 1 unspecified atom stereocenters. The minimum Gasteiger partial charge on any atom is -0.461 e. The molecule has 0 amide bonds. The smallest absolute Gasteiger partial charge is 0.417 e. The van der Waals surface area contributed by atoms with Gasteiger partial charge in [-0.05, 0) is 37.3 Å². The molecule has 0 aliphatic rings. The van der Waals surface area contributed by atoms with Gasteiger partial charge in [0.05, 0.1) is 10.6 Å². The third-order valence-electron chi connectivity index (χ3n) is 2.74. The zero-order valence-electron chi connectivity index (χ0n) is 10.7. The Kier molecular flexibility index (Phi) is 4.11. The Morgan fingerprint density at radius 2 is 1.95 bits per heavy atom. The van der Waals surface area contributed by atoms with Gasteiger partial charge >= 0.3 is 6.18 Å². The molecule has 1 aromatic heterocycles. The predicted octanol–water partition coefficient (Wildman–Crippen LogP) is 4.51. The lowest BCUT2D eigenvalue weighted by molar-refractivity contribution is -0.137. The van der Waals surface area contributed by atoms with Gasteiger partial charge in [-0.15, -0.1) is 0 Å². The highest BCUT2D eigenvalue weighted by Gasteiger charge is 2.33. The molecular formula is C14H13ClF3NO. The first-order chi connectivity index (χ1) is 9.27. The Morgan fingerprint density at radius 3 is 2.55 bits per heavy atom. The maximum absolute atomic E-state index is 12.8. The van der Waals surface area contributed by atoms with Crippen LogP contribution in [-0.2, 0) is 12.6 Å². The van der Waals surface area contributed by atoms with E-state index < -0.39 is 11.7 Å². The summed E-state index contributed by atoms with van der Waals surface area (Å²) in [7, 11) is 0. The normalized spacial score (nSPS) is 13.5. The molecule has 0 bridgehead atoms. The molecule has 0 saturated carbocycles. The van der Waals surface area contributed by atoms with Gasteiger partial charge in [-0.2, -0.15) is 13.2 Å². The lowest BCUT2D eigenvalue weighted by Gasteiger charge is -2.10. The number of furan rings is 1. The molecule has 2 N–H and O–H groups in total. The van der Waals surface area contributed by atoms with Gasteiger partial charge in [-0.1, -0.05) is 11.6 Å². The Balaban J connectivity index is 2.36. The molecule has 6 heteroatoms. The van der Waals surface area contributed by atoms with Crippen molar-refractivity contribution < 1.29 is 17.6 Å². The van der Waals surface area contributed by atoms with Crippen LogP contribution in [0.5, 0.6) is 0 Å². The van der Waals surface area contributed by atoms with Crippen LogP contribution in [0.25, 0.3) is 11.3 Å². The molecule has 20 heavy (non-hydrogen) atoms. The topological polar surface area (TPSA) is 39.2 Å². The Hall–Kier alpha value is -1.46. The van der Waals surface area contributed by atoms with Gasteiger partial charge in [-0.25, -0.2) is 0 Å². The Bertz CT molecular complexity index is 605. The largest absolute Gasteiger partial charge is 0.461 e. The first kappa shape index (κ1) is 14.9. The van der Waals surface area contributed by atoms with Crippen LogP contribution >= 0.6 is 11.6 Å². The van der Waals surface area contributed by atoms with Gasteiger partial charge < -0.3 is 10.2 Å². The first-order valence-electron chi connectivity index (χ1n) is 5.99.